The number of pyridine rings is 2. The Balaban J connectivity index is 2.24. The molecule has 0 aromatic carbocycles. The van der Waals surface area contributed by atoms with Gasteiger partial charge in [0.2, 0.25) is 0 Å². The van der Waals surface area contributed by atoms with Gasteiger partial charge in [0.15, 0.2) is 0 Å². The lowest BCUT2D eigenvalue weighted by Crippen LogP contribution is -2.19. The molecule has 0 amide bonds. The van der Waals surface area contributed by atoms with Crippen LogP contribution in [0.2, 0.25) is 0 Å². The van der Waals surface area contributed by atoms with Crippen LogP contribution in [0.25, 0.3) is 10.9 Å². The number of aliphatic hydroxyl groups is 1. The van der Waals surface area contributed by atoms with Crippen LogP contribution >= 0.6 is 0 Å². The van der Waals surface area contributed by atoms with Crippen LogP contribution in [0.1, 0.15) is 41.0 Å². The van der Waals surface area contributed by atoms with Gasteiger partial charge in [-0.1, -0.05) is 17.9 Å². The molecule has 2 N–H and O–H groups in total. The van der Waals surface area contributed by atoms with Crippen molar-refractivity contribution >= 4 is 16.9 Å². The number of nitrogens with zero attached hydrogens (tertiary/aromatic N) is 2. The van der Waals surface area contributed by atoms with Gasteiger partial charge in [0.1, 0.15) is 11.1 Å². The van der Waals surface area contributed by atoms with Gasteiger partial charge in [0.05, 0.1) is 17.7 Å². The van der Waals surface area contributed by atoms with Crippen molar-refractivity contribution in [3.63, 3.8) is 0 Å². The molecule has 0 bridgehead atoms. The Bertz CT molecular complexity index is 1160. The molecule has 0 aliphatic heterocycles. The summed E-state index contributed by atoms with van der Waals surface area (Å²) in [6, 6.07) is 3.44. The summed E-state index contributed by atoms with van der Waals surface area (Å²) in [6.07, 6.45) is 4.69. The molecule has 0 aliphatic carbocycles. The molecular formula is C21H21N3O4. The first-order chi connectivity index (χ1) is 13.3. The van der Waals surface area contributed by atoms with E-state index >= 15 is 0 Å². The molecule has 0 saturated carbocycles. The van der Waals surface area contributed by atoms with Crippen molar-refractivity contribution in [2.24, 2.45) is 7.05 Å². The molecule has 0 saturated heterocycles. The first-order valence-electron chi connectivity index (χ1n) is 8.81. The molecule has 28 heavy (non-hydrogen) atoms. The van der Waals surface area contributed by atoms with E-state index in [0.717, 1.165) is 0 Å². The number of aryl methyl sites for hydroxylation is 2. The third-order valence-electron chi connectivity index (χ3n) is 4.46. The fourth-order valence-electron chi connectivity index (χ4n) is 3.01. The van der Waals surface area contributed by atoms with Gasteiger partial charge >= 0.3 is 5.97 Å². The Morgan fingerprint density at radius 1 is 1.46 bits per heavy atom. The summed E-state index contributed by atoms with van der Waals surface area (Å²) in [5, 5.41) is 11.1. The van der Waals surface area contributed by atoms with Crippen LogP contribution in [-0.4, -0.2) is 32.2 Å². The fraction of sp³-hybridized carbons (Fsp3) is 0.286. The van der Waals surface area contributed by atoms with E-state index in [0.29, 0.717) is 22.2 Å². The van der Waals surface area contributed by atoms with Crippen LogP contribution in [-0.2, 0) is 17.4 Å². The molecule has 144 valence electrons. The first kappa shape index (κ1) is 19.4. The monoisotopic (exact) mass is 379 g/mol. The average molecular weight is 379 g/mol. The van der Waals surface area contributed by atoms with Gasteiger partial charge in [-0.15, -0.1) is 0 Å². The molecule has 0 aliphatic rings. The Labute approximate surface area is 162 Å². The standard InChI is InChI=1S/C21H21N3O4/c1-5-28-20(26)16-13(2)23-18-17(16)14(12-24(4)19(18)25)8-9-21(3,27)15-7-6-10-22-11-15/h6-7,10-12,23,27H,5H2,1-4H3. The lowest BCUT2D eigenvalue weighted by molar-refractivity contribution is 0.0528. The molecule has 3 rings (SSSR count). The third-order valence-corrected chi connectivity index (χ3v) is 4.46. The lowest BCUT2D eigenvalue weighted by Gasteiger charge is -2.16. The number of carbonyl (C=O) groups excluding carboxylic acids is 1. The van der Waals surface area contributed by atoms with Gasteiger partial charge in [-0.3, -0.25) is 9.78 Å². The van der Waals surface area contributed by atoms with Crippen LogP contribution in [0.5, 0.6) is 0 Å². The van der Waals surface area contributed by atoms with Gasteiger partial charge in [0.25, 0.3) is 5.56 Å². The Morgan fingerprint density at radius 3 is 2.86 bits per heavy atom. The maximum atomic E-state index is 12.5. The number of aromatic amines is 1. The second kappa shape index (κ2) is 7.33. The van der Waals surface area contributed by atoms with Crippen LogP contribution in [0.4, 0.5) is 0 Å². The number of hydrogen-bond acceptors (Lipinski definition) is 5. The first-order valence-corrected chi connectivity index (χ1v) is 8.81. The minimum absolute atomic E-state index is 0.215. The maximum absolute atomic E-state index is 12.5. The topological polar surface area (TPSA) is 97.2 Å². The van der Waals surface area contributed by atoms with Gasteiger partial charge in [0, 0.05) is 42.3 Å². The molecular weight excluding hydrogens is 358 g/mol. The highest BCUT2D eigenvalue weighted by Gasteiger charge is 2.23. The van der Waals surface area contributed by atoms with Crippen molar-refractivity contribution in [1.29, 1.82) is 0 Å². The highest BCUT2D eigenvalue weighted by molar-refractivity contribution is 6.07. The zero-order valence-corrected chi connectivity index (χ0v) is 16.2. The van der Waals surface area contributed by atoms with E-state index in [9.17, 15) is 14.7 Å². The molecule has 0 fully saturated rings. The molecule has 3 aromatic rings. The van der Waals surface area contributed by atoms with E-state index in [2.05, 4.69) is 21.8 Å². The lowest BCUT2D eigenvalue weighted by atomic mass is 9.97. The highest BCUT2D eigenvalue weighted by atomic mass is 16.5. The number of fused-ring (bicyclic) bond motifs is 1. The van der Waals surface area contributed by atoms with Gasteiger partial charge in [-0.25, -0.2) is 4.79 Å². The van der Waals surface area contributed by atoms with E-state index < -0.39 is 11.6 Å². The average Bonchev–Trinajstić information content (AvgIpc) is 3.02. The predicted octanol–water partition coefficient (Wildman–Crippen LogP) is 2.01. The summed E-state index contributed by atoms with van der Waals surface area (Å²) in [7, 11) is 1.60. The summed E-state index contributed by atoms with van der Waals surface area (Å²) >= 11 is 0. The van der Waals surface area contributed by atoms with Crippen LogP contribution in [0.3, 0.4) is 0 Å². The minimum Gasteiger partial charge on any atom is -0.462 e. The zero-order valence-electron chi connectivity index (χ0n) is 16.2. The number of H-pyrrole nitrogens is 1. The quantitative estimate of drug-likeness (QED) is 0.536. The number of carbonyl (C=O) groups is 1. The van der Waals surface area contributed by atoms with Crippen molar-refractivity contribution in [3.8, 4) is 11.8 Å². The molecule has 3 heterocycles. The molecule has 1 atom stereocenters. The van der Waals surface area contributed by atoms with E-state index in [4.69, 9.17) is 4.74 Å². The van der Waals surface area contributed by atoms with E-state index in [1.807, 2.05) is 0 Å². The Hall–Kier alpha value is -3.37. The smallest absolute Gasteiger partial charge is 0.340 e. The molecule has 1 unspecified atom stereocenters. The van der Waals surface area contributed by atoms with Crippen molar-refractivity contribution in [3.05, 3.63) is 63.5 Å². The highest BCUT2D eigenvalue weighted by Crippen LogP contribution is 2.25. The maximum Gasteiger partial charge on any atom is 0.340 e. The summed E-state index contributed by atoms with van der Waals surface area (Å²) in [4.78, 5) is 32.0. The molecule has 7 nitrogen and oxygen atoms in total. The zero-order chi connectivity index (χ0) is 20.5. The van der Waals surface area contributed by atoms with Crippen LogP contribution in [0, 0.1) is 18.8 Å². The SMILES string of the molecule is CCOC(=O)c1c(C)[nH]c2c(=O)n(C)cc(C#CC(C)(O)c3cccnc3)c12. The van der Waals surface area contributed by atoms with Crippen molar-refractivity contribution in [2.45, 2.75) is 26.4 Å². The van der Waals surface area contributed by atoms with Gasteiger partial charge in [-0.2, -0.15) is 0 Å². The summed E-state index contributed by atoms with van der Waals surface area (Å²) in [5.41, 5.74) is 0.325. The number of esters is 1. The summed E-state index contributed by atoms with van der Waals surface area (Å²) < 4.78 is 6.53. The molecule has 7 heteroatoms. The van der Waals surface area contributed by atoms with Crippen LogP contribution in [0.15, 0.2) is 35.5 Å². The Kier molecular flexibility index (Phi) is 5.08. The van der Waals surface area contributed by atoms with Gasteiger partial charge < -0.3 is 19.4 Å². The Morgan fingerprint density at radius 2 is 2.21 bits per heavy atom. The summed E-state index contributed by atoms with van der Waals surface area (Å²) in [5.74, 6) is 5.23. The largest absolute Gasteiger partial charge is 0.462 e. The van der Waals surface area contributed by atoms with Gasteiger partial charge in [-0.05, 0) is 26.8 Å². The van der Waals surface area contributed by atoms with E-state index in [1.54, 1.807) is 52.3 Å². The van der Waals surface area contributed by atoms with E-state index in [1.165, 1.54) is 10.8 Å². The number of nitrogens with one attached hydrogen (secondary N) is 1. The molecule has 0 radical (unpaired) electrons. The molecule has 0 spiro atoms. The fourth-order valence-corrected chi connectivity index (χ4v) is 3.01. The van der Waals surface area contributed by atoms with Crippen LogP contribution < -0.4 is 5.56 Å². The second-order valence-electron chi connectivity index (χ2n) is 6.62. The minimum atomic E-state index is -1.45. The van der Waals surface area contributed by atoms with Crippen molar-refractivity contribution in [1.82, 2.24) is 14.5 Å². The van der Waals surface area contributed by atoms with E-state index in [-0.39, 0.29) is 23.2 Å². The summed E-state index contributed by atoms with van der Waals surface area (Å²) in [6.45, 7) is 5.19. The number of hydrogen-bond donors (Lipinski definition) is 2. The van der Waals surface area contributed by atoms with Crippen molar-refractivity contribution < 1.29 is 14.6 Å². The number of aromatic nitrogens is 3. The third kappa shape index (κ3) is 3.42. The number of rotatable bonds is 3. The number of ether oxygens (including phenoxy) is 1. The second-order valence-corrected chi connectivity index (χ2v) is 6.62. The predicted molar refractivity (Wildman–Crippen MR) is 105 cm³/mol. The van der Waals surface area contributed by atoms with Crippen molar-refractivity contribution in [2.75, 3.05) is 6.61 Å². The molecule has 3 aromatic heterocycles. The normalized spacial score (nSPS) is 12.9.